The van der Waals surface area contributed by atoms with Gasteiger partial charge in [-0.1, -0.05) is 0 Å². The minimum absolute atomic E-state index is 0.0110. The summed E-state index contributed by atoms with van der Waals surface area (Å²) in [6.45, 7) is 0. The fraction of sp³-hybridized carbons (Fsp3) is 0.133. The number of alkyl halides is 3. The highest BCUT2D eigenvalue weighted by Crippen LogP contribution is 2.37. The van der Waals surface area contributed by atoms with E-state index < -0.39 is 22.2 Å². The lowest BCUT2D eigenvalue weighted by molar-refractivity contribution is -0.385. The minimum atomic E-state index is -4.73. The van der Waals surface area contributed by atoms with Crippen molar-refractivity contribution in [2.24, 2.45) is 0 Å². The highest BCUT2D eigenvalue weighted by atomic mass is 19.4. The molecular formula is C15H9F3N2O4. The van der Waals surface area contributed by atoms with Gasteiger partial charge >= 0.3 is 11.9 Å². The second kappa shape index (κ2) is 6.45. The SMILES string of the molecule is COc1ccc(Oc2ccc(C#N)c(C(F)(F)F)c2)cc1[N+](=O)[O-]. The molecule has 0 bridgehead atoms. The van der Waals surface area contributed by atoms with E-state index in [1.807, 2.05) is 0 Å². The first-order valence-corrected chi connectivity index (χ1v) is 6.38. The van der Waals surface area contributed by atoms with Gasteiger partial charge in [0, 0.05) is 0 Å². The molecule has 124 valence electrons. The van der Waals surface area contributed by atoms with E-state index in [9.17, 15) is 23.3 Å². The second-order valence-electron chi connectivity index (χ2n) is 4.51. The van der Waals surface area contributed by atoms with E-state index in [-0.39, 0.29) is 22.9 Å². The van der Waals surface area contributed by atoms with Gasteiger partial charge in [0.1, 0.15) is 11.5 Å². The molecule has 0 aliphatic heterocycles. The van der Waals surface area contributed by atoms with E-state index in [0.717, 1.165) is 12.1 Å². The zero-order valence-electron chi connectivity index (χ0n) is 12.1. The highest BCUT2D eigenvalue weighted by Gasteiger charge is 2.34. The van der Waals surface area contributed by atoms with Crippen LogP contribution in [0.5, 0.6) is 17.2 Å². The number of ether oxygens (including phenoxy) is 2. The van der Waals surface area contributed by atoms with Crippen LogP contribution >= 0.6 is 0 Å². The molecule has 24 heavy (non-hydrogen) atoms. The predicted octanol–water partition coefficient (Wildman–Crippen LogP) is 4.29. The fourth-order valence-electron chi connectivity index (χ4n) is 1.93. The van der Waals surface area contributed by atoms with E-state index in [1.165, 1.54) is 31.4 Å². The molecule has 2 rings (SSSR count). The third kappa shape index (κ3) is 3.55. The van der Waals surface area contributed by atoms with Crippen molar-refractivity contribution < 1.29 is 27.6 Å². The third-order valence-electron chi connectivity index (χ3n) is 3.00. The molecule has 0 saturated carbocycles. The van der Waals surface area contributed by atoms with Crippen molar-refractivity contribution >= 4 is 5.69 Å². The number of nitro benzene ring substituents is 1. The quantitative estimate of drug-likeness (QED) is 0.613. The van der Waals surface area contributed by atoms with Gasteiger partial charge in [-0.2, -0.15) is 18.4 Å². The maximum atomic E-state index is 12.9. The maximum Gasteiger partial charge on any atom is 0.417 e. The summed E-state index contributed by atoms with van der Waals surface area (Å²) < 4.78 is 48.8. The summed E-state index contributed by atoms with van der Waals surface area (Å²) in [4.78, 5) is 10.2. The zero-order valence-corrected chi connectivity index (χ0v) is 12.1. The Morgan fingerprint density at radius 3 is 2.33 bits per heavy atom. The number of benzene rings is 2. The molecule has 0 aliphatic rings. The maximum absolute atomic E-state index is 12.9. The van der Waals surface area contributed by atoms with E-state index in [0.29, 0.717) is 6.07 Å². The van der Waals surface area contributed by atoms with Gasteiger partial charge in [-0.05, 0) is 30.3 Å². The standard InChI is InChI=1S/C15H9F3N2O4/c1-23-14-5-4-11(7-13(14)20(21)22)24-10-3-2-9(8-19)12(6-10)15(16,17)18/h2-7H,1H3. The molecule has 0 heterocycles. The van der Waals surface area contributed by atoms with Crippen LogP contribution in [0.2, 0.25) is 0 Å². The summed E-state index contributed by atoms with van der Waals surface area (Å²) >= 11 is 0. The van der Waals surface area contributed by atoms with E-state index >= 15 is 0 Å². The molecule has 0 fully saturated rings. The van der Waals surface area contributed by atoms with Crippen molar-refractivity contribution in [2.45, 2.75) is 6.18 Å². The van der Waals surface area contributed by atoms with Crippen LogP contribution in [-0.4, -0.2) is 12.0 Å². The number of nitrogens with zero attached hydrogens (tertiary/aromatic N) is 2. The second-order valence-corrected chi connectivity index (χ2v) is 4.51. The molecule has 2 aromatic rings. The van der Waals surface area contributed by atoms with Crippen LogP contribution in [0.1, 0.15) is 11.1 Å². The molecule has 0 unspecified atom stereocenters. The zero-order chi connectivity index (χ0) is 17.9. The number of nitro groups is 1. The van der Waals surface area contributed by atoms with Crippen molar-refractivity contribution in [2.75, 3.05) is 7.11 Å². The number of halogens is 3. The molecule has 0 amide bonds. The Bertz CT molecular complexity index is 828. The van der Waals surface area contributed by atoms with Gasteiger partial charge in [0.25, 0.3) is 0 Å². The van der Waals surface area contributed by atoms with Crippen molar-refractivity contribution in [1.29, 1.82) is 5.26 Å². The molecule has 0 spiro atoms. The van der Waals surface area contributed by atoms with Crippen LogP contribution in [0.4, 0.5) is 18.9 Å². The van der Waals surface area contributed by atoms with Crippen LogP contribution in [0.25, 0.3) is 0 Å². The predicted molar refractivity (Wildman–Crippen MR) is 75.9 cm³/mol. The van der Waals surface area contributed by atoms with Crippen LogP contribution in [-0.2, 0) is 6.18 Å². The molecule has 0 radical (unpaired) electrons. The summed E-state index contributed by atoms with van der Waals surface area (Å²) in [7, 11) is 1.25. The number of methoxy groups -OCH3 is 1. The molecule has 9 heteroatoms. The van der Waals surface area contributed by atoms with Crippen LogP contribution < -0.4 is 9.47 Å². The van der Waals surface area contributed by atoms with Gasteiger partial charge in [0.15, 0.2) is 5.75 Å². The van der Waals surface area contributed by atoms with E-state index in [1.54, 1.807) is 0 Å². The van der Waals surface area contributed by atoms with Crippen LogP contribution in [0.3, 0.4) is 0 Å². The molecular weight excluding hydrogens is 329 g/mol. The van der Waals surface area contributed by atoms with E-state index in [2.05, 4.69) is 0 Å². The molecule has 0 atom stereocenters. The number of nitriles is 1. The summed E-state index contributed by atoms with van der Waals surface area (Å²) in [5.74, 6) is -0.260. The van der Waals surface area contributed by atoms with Gasteiger partial charge in [0.2, 0.25) is 0 Å². The van der Waals surface area contributed by atoms with Crippen LogP contribution in [0.15, 0.2) is 36.4 Å². The largest absolute Gasteiger partial charge is 0.490 e. The van der Waals surface area contributed by atoms with E-state index in [4.69, 9.17) is 14.7 Å². The lowest BCUT2D eigenvalue weighted by atomic mass is 10.1. The third-order valence-corrected chi connectivity index (χ3v) is 3.00. The molecule has 0 saturated heterocycles. The number of hydrogen-bond acceptors (Lipinski definition) is 5. The molecule has 0 N–H and O–H groups in total. The molecule has 0 aliphatic carbocycles. The molecule has 2 aromatic carbocycles. The van der Waals surface area contributed by atoms with Gasteiger partial charge in [0.05, 0.1) is 35.3 Å². The van der Waals surface area contributed by atoms with Crippen molar-refractivity contribution in [3.05, 3.63) is 57.6 Å². The van der Waals surface area contributed by atoms with Gasteiger partial charge in [-0.25, -0.2) is 0 Å². The summed E-state index contributed by atoms with van der Waals surface area (Å²) in [6.07, 6.45) is -4.73. The number of rotatable bonds is 4. The normalized spacial score (nSPS) is 10.8. The lowest BCUT2D eigenvalue weighted by Gasteiger charge is -2.12. The summed E-state index contributed by atoms with van der Waals surface area (Å²) in [5, 5.41) is 19.7. The van der Waals surface area contributed by atoms with Crippen LogP contribution in [0, 0.1) is 21.4 Å². The highest BCUT2D eigenvalue weighted by molar-refractivity contribution is 5.52. The van der Waals surface area contributed by atoms with Crippen molar-refractivity contribution in [3.63, 3.8) is 0 Å². The first-order valence-electron chi connectivity index (χ1n) is 6.38. The average Bonchev–Trinajstić information content (AvgIpc) is 2.53. The topological polar surface area (TPSA) is 85.4 Å². The Morgan fingerprint density at radius 1 is 1.17 bits per heavy atom. The monoisotopic (exact) mass is 338 g/mol. The first kappa shape index (κ1) is 17.1. The van der Waals surface area contributed by atoms with Gasteiger partial charge in [-0.3, -0.25) is 10.1 Å². The van der Waals surface area contributed by atoms with Crippen molar-refractivity contribution in [3.8, 4) is 23.3 Å². The summed E-state index contributed by atoms with van der Waals surface area (Å²) in [5.41, 5.74) is -2.08. The smallest absolute Gasteiger partial charge is 0.417 e. The van der Waals surface area contributed by atoms with Crippen molar-refractivity contribution in [1.82, 2.24) is 0 Å². The first-order chi connectivity index (χ1) is 11.3. The Morgan fingerprint density at radius 2 is 1.79 bits per heavy atom. The Kier molecular flexibility index (Phi) is 4.59. The molecule has 6 nitrogen and oxygen atoms in total. The molecule has 0 aromatic heterocycles. The Hall–Kier alpha value is -3.28. The lowest BCUT2D eigenvalue weighted by Crippen LogP contribution is -2.07. The number of hydrogen-bond donors (Lipinski definition) is 0. The Balaban J connectivity index is 2.40. The average molecular weight is 338 g/mol. The minimum Gasteiger partial charge on any atom is -0.490 e. The summed E-state index contributed by atoms with van der Waals surface area (Å²) in [6, 6.07) is 7.87. The fourth-order valence-corrected chi connectivity index (χ4v) is 1.93. The van der Waals surface area contributed by atoms with Gasteiger partial charge < -0.3 is 9.47 Å². The Labute approximate surface area is 133 Å². The van der Waals surface area contributed by atoms with Gasteiger partial charge in [-0.15, -0.1) is 0 Å².